The lowest BCUT2D eigenvalue weighted by atomic mass is 10.3. The molecule has 0 saturated carbocycles. The molecule has 0 unspecified atom stereocenters. The van der Waals surface area contributed by atoms with Gasteiger partial charge in [-0.05, 0) is 18.2 Å². The maximum atomic E-state index is 10.6. The van der Waals surface area contributed by atoms with Crippen LogP contribution >= 0.6 is 23.2 Å². The molecule has 0 aliphatic heterocycles. The first kappa shape index (κ1) is 9.85. The van der Waals surface area contributed by atoms with E-state index in [2.05, 4.69) is 5.32 Å². The second-order valence-electron chi connectivity index (χ2n) is 2.22. The van der Waals surface area contributed by atoms with Gasteiger partial charge in [0, 0.05) is 15.7 Å². The fourth-order valence-corrected chi connectivity index (χ4v) is 1.31. The zero-order valence-electron chi connectivity index (χ0n) is 6.34. The summed E-state index contributed by atoms with van der Waals surface area (Å²) in [6.45, 7) is 0. The molecule has 0 radical (unpaired) electrons. The van der Waals surface area contributed by atoms with Crippen LogP contribution in [0.25, 0.3) is 0 Å². The third kappa shape index (κ3) is 2.94. The number of carbonyl (C=O) groups excluding carboxylic acids is 1. The predicted octanol–water partition coefficient (Wildman–Crippen LogP) is 2.46. The van der Waals surface area contributed by atoms with Crippen LogP contribution in [0.2, 0.25) is 10.0 Å². The molecular weight excluding hydrogens is 211 g/mol. The van der Waals surface area contributed by atoms with Gasteiger partial charge in [0.25, 0.3) is 0 Å². The average molecular weight is 215 g/mol. The Morgan fingerprint density at radius 1 is 1.31 bits per heavy atom. The number of halogens is 2. The van der Waals surface area contributed by atoms with Gasteiger partial charge in [0.15, 0.2) is 6.07 Å². The van der Waals surface area contributed by atoms with Crippen molar-refractivity contribution in [2.45, 2.75) is 0 Å². The summed E-state index contributed by atoms with van der Waals surface area (Å²) >= 11 is 11.3. The molecule has 0 bridgehead atoms. The Morgan fingerprint density at radius 3 is 2.31 bits per heavy atom. The van der Waals surface area contributed by atoms with Crippen LogP contribution in [-0.2, 0) is 4.79 Å². The Hall–Kier alpha value is -1.24. The van der Waals surface area contributed by atoms with Crippen LogP contribution in [-0.4, -0.2) is 5.91 Å². The van der Waals surface area contributed by atoms with Gasteiger partial charge >= 0.3 is 5.91 Å². The van der Waals surface area contributed by atoms with Crippen LogP contribution in [0.1, 0.15) is 0 Å². The maximum Gasteiger partial charge on any atom is 0.326 e. The zero-order valence-corrected chi connectivity index (χ0v) is 7.86. The molecule has 0 spiro atoms. The summed E-state index contributed by atoms with van der Waals surface area (Å²) in [5.41, 5.74) is 0.407. The van der Waals surface area contributed by atoms with Crippen LogP contribution < -0.4 is 5.32 Å². The highest BCUT2D eigenvalue weighted by atomic mass is 35.5. The molecule has 1 rings (SSSR count). The summed E-state index contributed by atoms with van der Waals surface area (Å²) in [6, 6.07) is 5.95. The number of anilines is 1. The molecule has 0 heterocycles. The second-order valence-corrected chi connectivity index (χ2v) is 3.10. The molecule has 0 saturated heterocycles. The molecule has 0 atom stereocenters. The summed E-state index contributed by atoms with van der Waals surface area (Å²) in [5.74, 6) is -0.752. The highest BCUT2D eigenvalue weighted by Crippen LogP contribution is 2.22. The lowest BCUT2D eigenvalue weighted by molar-refractivity contribution is -0.111. The molecule has 13 heavy (non-hydrogen) atoms. The number of benzene rings is 1. The van der Waals surface area contributed by atoms with Crippen molar-refractivity contribution in [1.29, 1.82) is 5.26 Å². The van der Waals surface area contributed by atoms with Gasteiger partial charge in [-0.1, -0.05) is 23.2 Å². The molecular formula is C8H4Cl2N2O. The summed E-state index contributed by atoms with van der Waals surface area (Å²) in [4.78, 5) is 10.6. The van der Waals surface area contributed by atoms with Crippen molar-refractivity contribution >= 4 is 34.8 Å². The monoisotopic (exact) mass is 214 g/mol. The van der Waals surface area contributed by atoms with Crippen LogP contribution in [0.4, 0.5) is 5.69 Å². The van der Waals surface area contributed by atoms with E-state index in [0.29, 0.717) is 15.7 Å². The standard InChI is InChI=1S/C8H4Cl2N2O/c9-5-1-6(10)3-7(2-5)12-8(13)4-11/h1-3H,(H,12,13). The van der Waals surface area contributed by atoms with Gasteiger partial charge in [0.05, 0.1) is 0 Å². The molecule has 0 aliphatic carbocycles. The third-order valence-corrected chi connectivity index (χ3v) is 1.66. The zero-order chi connectivity index (χ0) is 9.84. The summed E-state index contributed by atoms with van der Waals surface area (Å²) < 4.78 is 0. The van der Waals surface area contributed by atoms with E-state index < -0.39 is 5.91 Å². The quantitative estimate of drug-likeness (QED) is 0.731. The summed E-state index contributed by atoms with van der Waals surface area (Å²) in [6.07, 6.45) is 0. The SMILES string of the molecule is N#CC(=O)Nc1cc(Cl)cc(Cl)c1. The van der Waals surface area contributed by atoms with Crippen molar-refractivity contribution < 1.29 is 4.79 Å². The van der Waals surface area contributed by atoms with E-state index in [9.17, 15) is 4.79 Å². The van der Waals surface area contributed by atoms with E-state index in [1.54, 1.807) is 0 Å². The van der Waals surface area contributed by atoms with Crippen molar-refractivity contribution in [3.05, 3.63) is 28.2 Å². The maximum absolute atomic E-state index is 10.6. The van der Waals surface area contributed by atoms with E-state index >= 15 is 0 Å². The van der Waals surface area contributed by atoms with E-state index in [-0.39, 0.29) is 0 Å². The number of carbonyl (C=O) groups is 1. The molecule has 1 aromatic rings. The first-order valence-electron chi connectivity index (χ1n) is 3.29. The second kappa shape index (κ2) is 4.13. The molecule has 3 nitrogen and oxygen atoms in total. The molecule has 1 N–H and O–H groups in total. The number of nitrogens with zero attached hydrogens (tertiary/aromatic N) is 1. The summed E-state index contributed by atoms with van der Waals surface area (Å²) in [7, 11) is 0. The van der Waals surface area contributed by atoms with Crippen LogP contribution in [0.15, 0.2) is 18.2 Å². The highest BCUT2D eigenvalue weighted by Gasteiger charge is 2.01. The van der Waals surface area contributed by atoms with Gasteiger partial charge in [-0.15, -0.1) is 0 Å². The Balaban J connectivity index is 2.91. The molecule has 0 aliphatic rings. The first-order valence-corrected chi connectivity index (χ1v) is 4.04. The minimum Gasteiger partial charge on any atom is -0.313 e. The summed E-state index contributed by atoms with van der Waals surface area (Å²) in [5, 5.41) is 11.3. The third-order valence-electron chi connectivity index (χ3n) is 1.22. The van der Waals surface area contributed by atoms with Crippen LogP contribution in [0.5, 0.6) is 0 Å². The Morgan fingerprint density at radius 2 is 1.85 bits per heavy atom. The van der Waals surface area contributed by atoms with E-state index in [1.165, 1.54) is 24.3 Å². The number of hydrogen-bond donors (Lipinski definition) is 1. The Bertz CT molecular complexity index is 364. The predicted molar refractivity (Wildman–Crippen MR) is 50.7 cm³/mol. The molecule has 1 amide bonds. The van der Waals surface area contributed by atoms with Crippen LogP contribution in [0, 0.1) is 11.3 Å². The van der Waals surface area contributed by atoms with Gasteiger partial charge in [0.2, 0.25) is 0 Å². The molecule has 1 aromatic carbocycles. The molecule has 0 aromatic heterocycles. The van der Waals surface area contributed by atoms with Crippen molar-refractivity contribution in [3.63, 3.8) is 0 Å². The number of hydrogen-bond acceptors (Lipinski definition) is 2. The highest BCUT2D eigenvalue weighted by molar-refractivity contribution is 6.35. The number of amides is 1. The lowest BCUT2D eigenvalue weighted by Gasteiger charge is -2.01. The van der Waals surface area contributed by atoms with Crippen molar-refractivity contribution in [2.24, 2.45) is 0 Å². The fourth-order valence-electron chi connectivity index (χ4n) is 0.785. The van der Waals surface area contributed by atoms with E-state index in [4.69, 9.17) is 28.5 Å². The fraction of sp³-hybridized carbons (Fsp3) is 0. The number of nitriles is 1. The van der Waals surface area contributed by atoms with Crippen LogP contribution in [0.3, 0.4) is 0 Å². The van der Waals surface area contributed by atoms with Crippen molar-refractivity contribution in [3.8, 4) is 6.07 Å². The lowest BCUT2D eigenvalue weighted by Crippen LogP contribution is -2.07. The van der Waals surface area contributed by atoms with Crippen molar-refractivity contribution in [2.75, 3.05) is 5.32 Å². The first-order chi connectivity index (χ1) is 6.11. The van der Waals surface area contributed by atoms with Gasteiger partial charge in [-0.3, -0.25) is 4.79 Å². The largest absolute Gasteiger partial charge is 0.326 e. The van der Waals surface area contributed by atoms with E-state index in [0.717, 1.165) is 0 Å². The topological polar surface area (TPSA) is 52.9 Å². The molecule has 5 heteroatoms. The van der Waals surface area contributed by atoms with E-state index in [1.807, 2.05) is 0 Å². The van der Waals surface area contributed by atoms with Crippen molar-refractivity contribution in [1.82, 2.24) is 0 Å². The smallest absolute Gasteiger partial charge is 0.313 e. The Kier molecular flexibility index (Phi) is 3.13. The minimum absolute atomic E-state index is 0.403. The number of nitrogens with one attached hydrogen (secondary N) is 1. The minimum atomic E-state index is -0.752. The van der Waals surface area contributed by atoms with Gasteiger partial charge in [-0.2, -0.15) is 5.26 Å². The molecule has 66 valence electrons. The van der Waals surface area contributed by atoms with Gasteiger partial charge < -0.3 is 5.32 Å². The normalized spacial score (nSPS) is 9.00. The van der Waals surface area contributed by atoms with Gasteiger partial charge in [0.1, 0.15) is 0 Å². The number of rotatable bonds is 1. The molecule has 0 fully saturated rings. The van der Waals surface area contributed by atoms with Gasteiger partial charge in [-0.25, -0.2) is 0 Å². The average Bonchev–Trinajstić information content (AvgIpc) is 2.02. The Labute approximate surface area is 84.9 Å².